The maximum Gasteiger partial charge on any atom is 0.0714 e. The molecule has 0 unspecified atom stereocenters. The molecule has 0 N–H and O–H groups in total. The first kappa shape index (κ1) is 38.3. The minimum Gasteiger partial charge on any atom is -0.310 e. The third-order valence-electron chi connectivity index (χ3n) is 14.6. The fourth-order valence-corrected chi connectivity index (χ4v) is 11.9. The van der Waals surface area contributed by atoms with Gasteiger partial charge in [0.05, 0.1) is 22.1 Å². The van der Waals surface area contributed by atoms with Crippen molar-refractivity contribution >= 4 is 38.9 Å². The van der Waals surface area contributed by atoms with E-state index < -0.39 is 5.41 Å². The third-order valence-corrected chi connectivity index (χ3v) is 14.6. The van der Waals surface area contributed by atoms with Crippen LogP contribution in [0.4, 0.5) is 17.1 Å². The number of aromatic nitrogens is 1. The summed E-state index contributed by atoms with van der Waals surface area (Å²) in [6, 6.07) is 90.1. The molecule has 2 nitrogen and oxygen atoms in total. The Kier molecular flexibility index (Phi) is 8.51. The zero-order chi connectivity index (χ0) is 44.0. The molecule has 11 aromatic rings. The van der Waals surface area contributed by atoms with E-state index in [2.05, 4.69) is 266 Å². The van der Waals surface area contributed by atoms with Crippen molar-refractivity contribution in [1.82, 2.24) is 4.57 Å². The zero-order valence-electron chi connectivity index (χ0n) is 37.0. The van der Waals surface area contributed by atoms with Crippen molar-refractivity contribution < 1.29 is 0 Å². The molecule has 66 heavy (non-hydrogen) atoms. The number of hydrogen-bond donors (Lipinski definition) is 0. The summed E-state index contributed by atoms with van der Waals surface area (Å²) in [4.78, 5) is 2.53. The highest BCUT2D eigenvalue weighted by Crippen LogP contribution is 2.58. The molecule has 0 radical (unpaired) electrons. The second-order valence-electron chi connectivity index (χ2n) is 18.4. The van der Waals surface area contributed by atoms with E-state index in [1.165, 1.54) is 83.1 Å². The summed E-state index contributed by atoms with van der Waals surface area (Å²) in [7, 11) is 0. The van der Waals surface area contributed by atoms with E-state index in [9.17, 15) is 0 Å². The molecule has 2 aliphatic rings. The van der Waals surface area contributed by atoms with Crippen LogP contribution in [0, 0.1) is 0 Å². The summed E-state index contributed by atoms with van der Waals surface area (Å²) < 4.78 is 2.43. The monoisotopic (exact) mass is 842 g/mol. The van der Waals surface area contributed by atoms with Crippen molar-refractivity contribution in [3.63, 3.8) is 0 Å². The largest absolute Gasteiger partial charge is 0.310 e. The highest BCUT2D eigenvalue weighted by Gasteiger charge is 2.46. The molecule has 0 saturated heterocycles. The van der Waals surface area contributed by atoms with Gasteiger partial charge < -0.3 is 9.47 Å². The highest BCUT2D eigenvalue weighted by molar-refractivity contribution is 6.10. The molecule has 0 saturated carbocycles. The summed E-state index contributed by atoms with van der Waals surface area (Å²) in [5.41, 5.74) is 21.5. The van der Waals surface area contributed by atoms with Gasteiger partial charge in [0.2, 0.25) is 0 Å². The van der Waals surface area contributed by atoms with Crippen LogP contribution >= 0.6 is 0 Å². The Hall–Kier alpha value is -8.20. The van der Waals surface area contributed by atoms with Crippen LogP contribution in [0.5, 0.6) is 0 Å². The second kappa shape index (κ2) is 14.7. The standard InChI is InChI=1S/C64H46N2/c1-63(2)56-33-16-12-28-49(56)54-31-20-32-55(62(54)63)52-30-15-18-35-59(52)65(47-38-40-53-51-29-14-19-36-60(51)66(61(53)42-47)45-25-10-5-11-26-45)46-37-39-50-48-27-13-17-34-57(48)64(58(50)41-46,43-21-6-3-7-22-43)44-23-8-4-9-24-44/h3-42H,1-2H3. The van der Waals surface area contributed by atoms with Gasteiger partial charge >= 0.3 is 0 Å². The fourth-order valence-electron chi connectivity index (χ4n) is 11.9. The van der Waals surface area contributed by atoms with Crippen molar-refractivity contribution in [1.29, 1.82) is 0 Å². The van der Waals surface area contributed by atoms with E-state index in [1.54, 1.807) is 0 Å². The Morgan fingerprint density at radius 2 is 0.848 bits per heavy atom. The number of hydrogen-bond acceptors (Lipinski definition) is 1. The summed E-state index contributed by atoms with van der Waals surface area (Å²) in [6.45, 7) is 4.78. The molecule has 2 aliphatic carbocycles. The van der Waals surface area contributed by atoms with Crippen LogP contribution in [0.25, 0.3) is 60.9 Å². The van der Waals surface area contributed by atoms with Crippen LogP contribution in [-0.4, -0.2) is 4.57 Å². The Labute approximate surface area is 386 Å². The van der Waals surface area contributed by atoms with Gasteiger partial charge in [0.15, 0.2) is 0 Å². The van der Waals surface area contributed by atoms with E-state index in [0.717, 1.165) is 28.3 Å². The molecule has 0 spiro atoms. The van der Waals surface area contributed by atoms with Crippen molar-refractivity contribution in [2.45, 2.75) is 24.7 Å². The van der Waals surface area contributed by atoms with Gasteiger partial charge in [-0.25, -0.2) is 0 Å². The molecule has 0 atom stereocenters. The molecule has 312 valence electrons. The van der Waals surface area contributed by atoms with Crippen LogP contribution in [0.1, 0.15) is 47.2 Å². The summed E-state index contributed by atoms with van der Waals surface area (Å²) in [5, 5.41) is 2.46. The van der Waals surface area contributed by atoms with Crippen molar-refractivity contribution in [2.24, 2.45) is 0 Å². The number of para-hydroxylation sites is 3. The van der Waals surface area contributed by atoms with Gasteiger partial charge in [-0.05, 0) is 110 Å². The molecule has 0 amide bonds. The Balaban J connectivity index is 1.11. The van der Waals surface area contributed by atoms with Gasteiger partial charge in [0, 0.05) is 38.8 Å². The first-order chi connectivity index (χ1) is 32.5. The lowest BCUT2D eigenvalue weighted by Gasteiger charge is -2.35. The van der Waals surface area contributed by atoms with Crippen molar-refractivity contribution in [2.75, 3.05) is 4.90 Å². The summed E-state index contributed by atoms with van der Waals surface area (Å²) >= 11 is 0. The molecule has 13 rings (SSSR count). The van der Waals surface area contributed by atoms with E-state index in [-0.39, 0.29) is 5.41 Å². The molecule has 0 bridgehead atoms. The fraction of sp³-hybridized carbons (Fsp3) is 0.0625. The molecule has 0 aliphatic heterocycles. The second-order valence-corrected chi connectivity index (χ2v) is 18.4. The smallest absolute Gasteiger partial charge is 0.0714 e. The van der Waals surface area contributed by atoms with Gasteiger partial charge in [-0.2, -0.15) is 0 Å². The minimum absolute atomic E-state index is 0.194. The quantitative estimate of drug-likeness (QED) is 0.155. The number of nitrogens with zero attached hydrogens (tertiary/aromatic N) is 2. The van der Waals surface area contributed by atoms with Crippen LogP contribution in [0.15, 0.2) is 243 Å². The maximum absolute atomic E-state index is 2.53. The lowest BCUT2D eigenvalue weighted by atomic mass is 9.67. The zero-order valence-corrected chi connectivity index (χ0v) is 37.0. The minimum atomic E-state index is -0.546. The van der Waals surface area contributed by atoms with Crippen LogP contribution in [0.3, 0.4) is 0 Å². The van der Waals surface area contributed by atoms with E-state index >= 15 is 0 Å². The van der Waals surface area contributed by atoms with Gasteiger partial charge in [0.1, 0.15) is 0 Å². The normalized spacial score (nSPS) is 13.8. The average Bonchev–Trinajstić information content (AvgIpc) is 3.96. The SMILES string of the molecule is CC1(C)c2ccccc2-c2cccc(-c3ccccc3N(c3ccc4c(c3)C(c3ccccc3)(c3ccccc3)c3ccccc3-4)c3ccc4c5ccccc5n(-c5ccccc5)c4c3)c21. The molecular formula is C64H46N2. The number of fused-ring (bicyclic) bond motifs is 9. The van der Waals surface area contributed by atoms with Gasteiger partial charge in [0.25, 0.3) is 0 Å². The number of benzene rings is 10. The highest BCUT2D eigenvalue weighted by atomic mass is 15.1. The lowest BCUT2D eigenvalue weighted by Crippen LogP contribution is -2.28. The lowest BCUT2D eigenvalue weighted by molar-refractivity contribution is 0.662. The molecule has 2 heteroatoms. The average molecular weight is 843 g/mol. The molecular weight excluding hydrogens is 797 g/mol. The Morgan fingerprint density at radius 3 is 1.58 bits per heavy atom. The number of anilines is 3. The van der Waals surface area contributed by atoms with Gasteiger partial charge in [-0.3, -0.25) is 0 Å². The first-order valence-electron chi connectivity index (χ1n) is 23.1. The van der Waals surface area contributed by atoms with Crippen LogP contribution in [-0.2, 0) is 10.8 Å². The molecule has 1 aromatic heterocycles. The van der Waals surface area contributed by atoms with Crippen molar-refractivity contribution in [3.05, 3.63) is 276 Å². The molecule has 0 fully saturated rings. The maximum atomic E-state index is 2.53. The van der Waals surface area contributed by atoms with E-state index in [4.69, 9.17) is 0 Å². The predicted molar refractivity (Wildman–Crippen MR) is 276 cm³/mol. The first-order valence-corrected chi connectivity index (χ1v) is 23.1. The number of rotatable bonds is 7. The van der Waals surface area contributed by atoms with Crippen LogP contribution < -0.4 is 4.90 Å². The van der Waals surface area contributed by atoms with Crippen LogP contribution in [0.2, 0.25) is 0 Å². The molecule has 10 aromatic carbocycles. The predicted octanol–water partition coefficient (Wildman–Crippen LogP) is 16.6. The molecule has 1 heterocycles. The van der Waals surface area contributed by atoms with Crippen molar-refractivity contribution in [3.8, 4) is 39.1 Å². The summed E-state index contributed by atoms with van der Waals surface area (Å²) in [6.07, 6.45) is 0. The third kappa shape index (κ3) is 5.42. The van der Waals surface area contributed by atoms with E-state index in [0.29, 0.717) is 0 Å². The Bertz CT molecular complexity index is 3630. The summed E-state index contributed by atoms with van der Waals surface area (Å²) in [5.74, 6) is 0. The van der Waals surface area contributed by atoms with Gasteiger partial charge in [-0.15, -0.1) is 0 Å². The van der Waals surface area contributed by atoms with Gasteiger partial charge in [-0.1, -0.05) is 208 Å². The Morgan fingerprint density at radius 1 is 0.348 bits per heavy atom. The topological polar surface area (TPSA) is 8.17 Å². The van der Waals surface area contributed by atoms with E-state index in [1.807, 2.05) is 0 Å².